The molecule has 2 rings (SSSR count). The smallest absolute Gasteiger partial charge is 0.113 e. The second kappa shape index (κ2) is 5.94. The second-order valence-corrected chi connectivity index (χ2v) is 5.17. The molecule has 0 amide bonds. The molecule has 2 N–H and O–H groups in total. The lowest BCUT2D eigenvalue weighted by molar-refractivity contribution is 0.530. The zero-order chi connectivity index (χ0) is 12.1. The Morgan fingerprint density at radius 2 is 2.06 bits per heavy atom. The van der Waals surface area contributed by atoms with E-state index in [0.29, 0.717) is 0 Å². The summed E-state index contributed by atoms with van der Waals surface area (Å²) in [4.78, 5) is 1.29. The lowest BCUT2D eigenvalue weighted by Gasteiger charge is -2.10. The third kappa shape index (κ3) is 3.65. The van der Waals surface area contributed by atoms with Gasteiger partial charge in [-0.1, -0.05) is 18.2 Å². The molecule has 0 bridgehead atoms. The number of thioether (sulfide) groups is 1. The van der Waals surface area contributed by atoms with E-state index in [1.165, 1.54) is 10.5 Å². The zero-order valence-electron chi connectivity index (χ0n) is 9.93. The Balaban J connectivity index is 2.04. The van der Waals surface area contributed by atoms with Crippen LogP contribution in [0.5, 0.6) is 0 Å². The van der Waals surface area contributed by atoms with Crippen molar-refractivity contribution in [2.45, 2.75) is 30.0 Å². The third-order valence-electron chi connectivity index (χ3n) is 2.46. The number of nitrogens with two attached hydrogens (primary N) is 1. The van der Waals surface area contributed by atoms with Gasteiger partial charge in [-0.25, -0.2) is 0 Å². The first kappa shape index (κ1) is 12.3. The summed E-state index contributed by atoms with van der Waals surface area (Å²) in [6.45, 7) is 2.04. The summed E-state index contributed by atoms with van der Waals surface area (Å²) >= 11 is 1.80. The maximum Gasteiger partial charge on any atom is 0.113 e. The first-order valence-corrected chi connectivity index (χ1v) is 6.73. The number of hydrogen-bond donors (Lipinski definition) is 1. The Morgan fingerprint density at radius 3 is 2.76 bits per heavy atom. The normalized spacial score (nSPS) is 12.6. The van der Waals surface area contributed by atoms with Crippen molar-refractivity contribution in [2.24, 2.45) is 5.73 Å². The topological polar surface area (TPSA) is 39.2 Å². The first-order chi connectivity index (χ1) is 8.25. The van der Waals surface area contributed by atoms with Gasteiger partial charge in [0.1, 0.15) is 5.76 Å². The van der Waals surface area contributed by atoms with Crippen molar-refractivity contribution in [2.75, 3.05) is 0 Å². The third-order valence-corrected chi connectivity index (χ3v) is 3.60. The van der Waals surface area contributed by atoms with Gasteiger partial charge in [-0.15, -0.1) is 11.8 Å². The summed E-state index contributed by atoms with van der Waals surface area (Å²) in [5.41, 5.74) is 7.17. The highest BCUT2D eigenvalue weighted by Gasteiger charge is 2.06. The lowest BCUT2D eigenvalue weighted by atomic mass is 10.1. The SMILES string of the molecule is CC(N)Cc1ccccc1SCc1ccco1. The maximum atomic E-state index is 5.86. The minimum atomic E-state index is 0.195. The van der Waals surface area contributed by atoms with Crippen LogP contribution in [0.1, 0.15) is 18.2 Å². The molecule has 0 aliphatic rings. The van der Waals surface area contributed by atoms with Crippen LogP contribution in [-0.4, -0.2) is 6.04 Å². The van der Waals surface area contributed by atoms with Gasteiger partial charge < -0.3 is 10.2 Å². The molecular formula is C14H17NOS. The summed E-state index contributed by atoms with van der Waals surface area (Å²) < 4.78 is 5.33. The van der Waals surface area contributed by atoms with E-state index in [4.69, 9.17) is 10.2 Å². The predicted molar refractivity (Wildman–Crippen MR) is 72.1 cm³/mol. The van der Waals surface area contributed by atoms with Gasteiger partial charge in [0.05, 0.1) is 12.0 Å². The molecule has 0 radical (unpaired) electrons. The van der Waals surface area contributed by atoms with Gasteiger partial charge in [-0.05, 0) is 37.1 Å². The molecule has 0 spiro atoms. The van der Waals surface area contributed by atoms with Gasteiger partial charge in [0.2, 0.25) is 0 Å². The van der Waals surface area contributed by atoms with Gasteiger partial charge in [0.15, 0.2) is 0 Å². The van der Waals surface area contributed by atoms with Gasteiger partial charge in [0, 0.05) is 10.9 Å². The molecule has 2 aromatic rings. The van der Waals surface area contributed by atoms with Crippen LogP contribution in [-0.2, 0) is 12.2 Å². The number of benzene rings is 1. The molecule has 1 aromatic heterocycles. The van der Waals surface area contributed by atoms with Crippen molar-refractivity contribution in [3.63, 3.8) is 0 Å². The van der Waals surface area contributed by atoms with Gasteiger partial charge >= 0.3 is 0 Å². The predicted octanol–water partition coefficient (Wildman–Crippen LogP) is 3.46. The highest BCUT2D eigenvalue weighted by atomic mass is 32.2. The molecule has 0 saturated carbocycles. The van der Waals surface area contributed by atoms with Crippen LogP contribution < -0.4 is 5.73 Å². The highest BCUT2D eigenvalue weighted by molar-refractivity contribution is 7.98. The van der Waals surface area contributed by atoms with Crippen molar-refractivity contribution < 1.29 is 4.42 Å². The van der Waals surface area contributed by atoms with Gasteiger partial charge in [-0.2, -0.15) is 0 Å². The largest absolute Gasteiger partial charge is 0.468 e. The van der Waals surface area contributed by atoms with Gasteiger partial charge in [-0.3, -0.25) is 0 Å². The zero-order valence-corrected chi connectivity index (χ0v) is 10.7. The summed E-state index contributed by atoms with van der Waals surface area (Å²) in [7, 11) is 0. The maximum absolute atomic E-state index is 5.86. The number of rotatable bonds is 5. The highest BCUT2D eigenvalue weighted by Crippen LogP contribution is 2.27. The van der Waals surface area contributed by atoms with E-state index >= 15 is 0 Å². The van der Waals surface area contributed by atoms with E-state index in [0.717, 1.165) is 17.9 Å². The van der Waals surface area contributed by atoms with E-state index in [-0.39, 0.29) is 6.04 Å². The quantitative estimate of drug-likeness (QED) is 0.822. The van der Waals surface area contributed by atoms with Crippen molar-refractivity contribution in [3.05, 3.63) is 54.0 Å². The Bertz CT molecular complexity index is 451. The van der Waals surface area contributed by atoms with Crippen LogP contribution in [0, 0.1) is 0 Å². The molecular weight excluding hydrogens is 230 g/mol. The van der Waals surface area contributed by atoms with Crippen molar-refractivity contribution in [1.29, 1.82) is 0 Å². The lowest BCUT2D eigenvalue weighted by Crippen LogP contribution is -2.18. The van der Waals surface area contributed by atoms with E-state index in [1.807, 2.05) is 19.1 Å². The minimum Gasteiger partial charge on any atom is -0.468 e. The Hall–Kier alpha value is -1.19. The molecule has 1 unspecified atom stereocenters. The van der Waals surface area contributed by atoms with E-state index < -0.39 is 0 Å². The van der Waals surface area contributed by atoms with Crippen LogP contribution in [0.15, 0.2) is 52.0 Å². The fraction of sp³-hybridized carbons (Fsp3) is 0.286. The van der Waals surface area contributed by atoms with Crippen LogP contribution in [0.3, 0.4) is 0 Å². The standard InChI is InChI=1S/C14H17NOS/c1-11(15)9-12-5-2-3-7-14(12)17-10-13-6-4-8-16-13/h2-8,11H,9-10,15H2,1H3. The van der Waals surface area contributed by atoms with Crippen molar-refractivity contribution in [3.8, 4) is 0 Å². The molecule has 17 heavy (non-hydrogen) atoms. The first-order valence-electron chi connectivity index (χ1n) is 5.74. The average molecular weight is 247 g/mol. The van der Waals surface area contributed by atoms with Crippen LogP contribution in [0.4, 0.5) is 0 Å². The molecule has 1 atom stereocenters. The van der Waals surface area contributed by atoms with E-state index in [9.17, 15) is 0 Å². The van der Waals surface area contributed by atoms with Crippen LogP contribution >= 0.6 is 11.8 Å². The molecule has 2 nitrogen and oxygen atoms in total. The Morgan fingerprint density at radius 1 is 1.24 bits per heavy atom. The molecule has 1 aromatic carbocycles. The van der Waals surface area contributed by atoms with Gasteiger partial charge in [0.25, 0.3) is 0 Å². The molecule has 90 valence electrons. The Labute approximate surface area is 106 Å². The van der Waals surface area contributed by atoms with Crippen LogP contribution in [0.2, 0.25) is 0 Å². The van der Waals surface area contributed by atoms with E-state index in [1.54, 1.807) is 18.0 Å². The van der Waals surface area contributed by atoms with Crippen molar-refractivity contribution >= 4 is 11.8 Å². The molecule has 0 saturated heterocycles. The fourth-order valence-electron chi connectivity index (χ4n) is 1.70. The second-order valence-electron chi connectivity index (χ2n) is 4.16. The van der Waals surface area contributed by atoms with Crippen LogP contribution in [0.25, 0.3) is 0 Å². The number of hydrogen-bond acceptors (Lipinski definition) is 3. The molecule has 1 heterocycles. The summed E-state index contributed by atoms with van der Waals surface area (Å²) in [6.07, 6.45) is 2.63. The number of furan rings is 1. The monoisotopic (exact) mass is 247 g/mol. The molecule has 0 aliphatic heterocycles. The summed E-state index contributed by atoms with van der Waals surface area (Å²) in [5, 5.41) is 0. The average Bonchev–Trinajstić information content (AvgIpc) is 2.80. The minimum absolute atomic E-state index is 0.195. The van der Waals surface area contributed by atoms with E-state index in [2.05, 4.69) is 24.3 Å². The molecule has 3 heteroatoms. The summed E-state index contributed by atoms with van der Waals surface area (Å²) in [5.74, 6) is 1.87. The molecule has 0 aliphatic carbocycles. The Kier molecular flexibility index (Phi) is 4.29. The van der Waals surface area contributed by atoms with Crippen molar-refractivity contribution in [1.82, 2.24) is 0 Å². The molecule has 0 fully saturated rings. The fourth-order valence-corrected chi connectivity index (χ4v) is 2.68. The summed E-state index contributed by atoms with van der Waals surface area (Å²) in [6, 6.07) is 12.5.